The van der Waals surface area contributed by atoms with Crippen LogP contribution < -0.4 is 5.73 Å². The van der Waals surface area contributed by atoms with Crippen molar-refractivity contribution in [3.05, 3.63) is 0 Å². The zero-order valence-corrected chi connectivity index (χ0v) is 14.6. The number of carboxylic acid groups (broad SMARTS) is 1. The van der Waals surface area contributed by atoms with Crippen LogP contribution in [0.1, 0.15) is 33.6 Å². The molecule has 1 saturated heterocycles. The second-order valence-corrected chi connectivity index (χ2v) is 8.00. The first-order valence-corrected chi connectivity index (χ1v) is 8.18. The fourth-order valence-corrected chi connectivity index (χ4v) is 2.61. The normalized spacial score (nSPS) is 19.1. The summed E-state index contributed by atoms with van der Waals surface area (Å²) in [6.45, 7) is 6.97. The number of aliphatic carboxylic acids is 1. The Morgan fingerprint density at radius 2 is 1.92 bits per heavy atom. The highest BCUT2D eigenvalue weighted by atomic mass is 32.2. The third kappa shape index (κ3) is 8.40. The van der Waals surface area contributed by atoms with Crippen molar-refractivity contribution in [3.8, 4) is 6.07 Å². The molecule has 10 heteroatoms. The zero-order chi connectivity index (χ0) is 19.1. The van der Waals surface area contributed by atoms with E-state index in [0.29, 0.717) is 12.3 Å². The molecule has 1 aliphatic rings. The van der Waals surface area contributed by atoms with Crippen LogP contribution >= 0.6 is 11.8 Å². The van der Waals surface area contributed by atoms with E-state index in [-0.39, 0.29) is 16.7 Å². The molecule has 0 aromatic heterocycles. The Kier molecular flexibility index (Phi) is 8.57. The second kappa shape index (κ2) is 9.13. The number of alkyl halides is 3. The van der Waals surface area contributed by atoms with E-state index in [1.165, 1.54) is 0 Å². The molecule has 24 heavy (non-hydrogen) atoms. The molecule has 0 aromatic rings. The molecule has 3 N–H and O–H groups in total. The Morgan fingerprint density at radius 3 is 2.29 bits per heavy atom. The maximum atomic E-state index is 12.1. The van der Waals surface area contributed by atoms with Crippen LogP contribution in [-0.2, 0) is 9.59 Å². The van der Waals surface area contributed by atoms with Crippen LogP contribution in [0.3, 0.4) is 0 Å². The minimum Gasteiger partial charge on any atom is -0.475 e. The van der Waals surface area contributed by atoms with Crippen LogP contribution in [0.25, 0.3) is 0 Å². The molecule has 138 valence electrons. The van der Waals surface area contributed by atoms with Crippen LogP contribution in [0.15, 0.2) is 0 Å². The molecule has 6 nitrogen and oxygen atoms in total. The number of nitriles is 1. The number of halogens is 3. The number of nitrogens with zero attached hydrogens (tertiary/aromatic N) is 2. The second-order valence-electron chi connectivity index (χ2n) is 6.15. The monoisotopic (exact) mass is 369 g/mol. The summed E-state index contributed by atoms with van der Waals surface area (Å²) in [5, 5.41) is 16.1. The van der Waals surface area contributed by atoms with Crippen molar-refractivity contribution in [2.24, 2.45) is 5.73 Å². The fourth-order valence-electron chi connectivity index (χ4n) is 1.79. The van der Waals surface area contributed by atoms with Crippen molar-refractivity contribution in [1.82, 2.24) is 4.90 Å². The minimum absolute atomic E-state index is 0.0780. The van der Waals surface area contributed by atoms with Crippen LogP contribution in [0.4, 0.5) is 13.2 Å². The Hall–Kier alpha value is -1.47. The van der Waals surface area contributed by atoms with Crippen molar-refractivity contribution in [2.75, 3.05) is 12.3 Å². The predicted molar refractivity (Wildman–Crippen MR) is 84.2 cm³/mol. The quantitative estimate of drug-likeness (QED) is 0.788. The number of likely N-dealkylation sites (tertiary alicyclic amines) is 1. The van der Waals surface area contributed by atoms with Gasteiger partial charge in [-0.15, -0.1) is 0 Å². The number of amides is 1. The summed E-state index contributed by atoms with van der Waals surface area (Å²) < 4.78 is 31.8. The minimum atomic E-state index is -5.08. The molecule has 0 spiro atoms. The van der Waals surface area contributed by atoms with Gasteiger partial charge < -0.3 is 15.7 Å². The van der Waals surface area contributed by atoms with Gasteiger partial charge in [0, 0.05) is 17.0 Å². The summed E-state index contributed by atoms with van der Waals surface area (Å²) in [7, 11) is 0. The molecule has 0 radical (unpaired) electrons. The van der Waals surface area contributed by atoms with Crippen molar-refractivity contribution in [2.45, 2.75) is 56.6 Å². The number of carbonyl (C=O) groups excluding carboxylic acids is 1. The fraction of sp³-hybridized carbons (Fsp3) is 0.786. The summed E-state index contributed by atoms with van der Waals surface area (Å²) >= 11 is 1.68. The molecule has 1 rings (SSSR count). The summed E-state index contributed by atoms with van der Waals surface area (Å²) in [6, 6.07) is 1.40. The van der Waals surface area contributed by atoms with Gasteiger partial charge in [-0.1, -0.05) is 20.8 Å². The van der Waals surface area contributed by atoms with E-state index < -0.39 is 18.2 Å². The molecule has 1 fully saturated rings. The van der Waals surface area contributed by atoms with Gasteiger partial charge in [0.05, 0.1) is 12.1 Å². The zero-order valence-electron chi connectivity index (χ0n) is 13.8. The Bertz CT molecular complexity index is 486. The van der Waals surface area contributed by atoms with E-state index >= 15 is 0 Å². The number of carbonyl (C=O) groups is 2. The summed E-state index contributed by atoms with van der Waals surface area (Å²) in [4.78, 5) is 22.6. The van der Waals surface area contributed by atoms with E-state index in [1.54, 1.807) is 16.7 Å². The van der Waals surface area contributed by atoms with Crippen molar-refractivity contribution >= 4 is 23.6 Å². The molecular weight excluding hydrogens is 347 g/mol. The predicted octanol–water partition coefficient (Wildman–Crippen LogP) is 1.99. The molecular formula is C14H22F3N3O3S. The van der Waals surface area contributed by atoms with Gasteiger partial charge in [0.2, 0.25) is 5.91 Å². The largest absolute Gasteiger partial charge is 0.490 e. The van der Waals surface area contributed by atoms with E-state index in [9.17, 15) is 18.0 Å². The third-order valence-corrected chi connectivity index (χ3v) is 4.33. The van der Waals surface area contributed by atoms with E-state index in [4.69, 9.17) is 20.9 Å². The SMILES string of the molecule is CC(C)(C)SC[C@H](N)C(=O)N1CCC[C@H]1C#N.O=C(O)C(F)(F)F. The van der Waals surface area contributed by atoms with Crippen molar-refractivity contribution in [1.29, 1.82) is 5.26 Å². The molecule has 1 aliphatic heterocycles. The van der Waals surface area contributed by atoms with Gasteiger partial charge >= 0.3 is 12.1 Å². The molecule has 0 aromatic carbocycles. The lowest BCUT2D eigenvalue weighted by molar-refractivity contribution is -0.192. The van der Waals surface area contributed by atoms with Crippen LogP contribution in [0, 0.1) is 11.3 Å². The Morgan fingerprint density at radius 1 is 1.42 bits per heavy atom. The lowest BCUT2D eigenvalue weighted by Gasteiger charge is -2.25. The highest BCUT2D eigenvalue weighted by molar-refractivity contribution is 8.00. The molecule has 0 bridgehead atoms. The molecule has 0 unspecified atom stereocenters. The molecule has 0 aliphatic carbocycles. The van der Waals surface area contributed by atoms with Gasteiger partial charge in [0.1, 0.15) is 6.04 Å². The van der Waals surface area contributed by atoms with Crippen LogP contribution in [-0.4, -0.2) is 57.2 Å². The highest BCUT2D eigenvalue weighted by Gasteiger charge is 2.38. The smallest absolute Gasteiger partial charge is 0.475 e. The van der Waals surface area contributed by atoms with Crippen molar-refractivity contribution < 1.29 is 27.9 Å². The van der Waals surface area contributed by atoms with Gasteiger partial charge in [0.15, 0.2) is 0 Å². The molecule has 1 heterocycles. The Labute approximate surface area is 143 Å². The maximum Gasteiger partial charge on any atom is 0.490 e. The number of hydrogen-bond acceptors (Lipinski definition) is 5. The first kappa shape index (κ1) is 22.5. The van der Waals surface area contributed by atoms with Gasteiger partial charge in [-0.25, -0.2) is 4.79 Å². The third-order valence-electron chi connectivity index (χ3n) is 2.94. The average molecular weight is 369 g/mol. The lowest BCUT2D eigenvalue weighted by atomic mass is 10.2. The topological polar surface area (TPSA) is 107 Å². The highest BCUT2D eigenvalue weighted by Crippen LogP contribution is 2.24. The number of thioether (sulfide) groups is 1. The number of carboxylic acids is 1. The van der Waals surface area contributed by atoms with Gasteiger partial charge in [-0.2, -0.15) is 30.2 Å². The standard InChI is InChI=1S/C12H21N3OS.C2HF3O2/c1-12(2,3)17-8-10(14)11(16)15-6-4-5-9(15)7-13;3-2(4,5)1(6)7/h9-10H,4-6,8,14H2,1-3H3;(H,6,7)/t9-,10-;/m0./s1. The summed E-state index contributed by atoms with van der Waals surface area (Å²) in [5.41, 5.74) is 5.90. The Balaban J connectivity index is 0.000000640. The van der Waals surface area contributed by atoms with E-state index in [0.717, 1.165) is 12.8 Å². The van der Waals surface area contributed by atoms with Crippen LogP contribution in [0.5, 0.6) is 0 Å². The number of hydrogen-bond donors (Lipinski definition) is 2. The van der Waals surface area contributed by atoms with E-state index in [2.05, 4.69) is 26.8 Å². The number of rotatable bonds is 3. The van der Waals surface area contributed by atoms with Gasteiger partial charge in [0.25, 0.3) is 0 Å². The first-order valence-electron chi connectivity index (χ1n) is 7.19. The summed E-state index contributed by atoms with van der Waals surface area (Å²) in [6.07, 6.45) is -3.40. The van der Waals surface area contributed by atoms with Crippen molar-refractivity contribution in [3.63, 3.8) is 0 Å². The lowest BCUT2D eigenvalue weighted by Crippen LogP contribution is -2.47. The number of nitrogens with two attached hydrogens (primary N) is 1. The first-order chi connectivity index (χ1) is 10.8. The molecule has 0 saturated carbocycles. The maximum absolute atomic E-state index is 12.1. The van der Waals surface area contributed by atoms with Gasteiger partial charge in [-0.05, 0) is 12.8 Å². The van der Waals surface area contributed by atoms with Crippen LogP contribution in [0.2, 0.25) is 0 Å². The summed E-state index contributed by atoms with van der Waals surface area (Å²) in [5.74, 6) is -2.23. The molecule has 2 atom stereocenters. The average Bonchev–Trinajstić information content (AvgIpc) is 2.91. The van der Waals surface area contributed by atoms with Gasteiger partial charge in [-0.3, -0.25) is 4.79 Å². The molecule has 1 amide bonds. The van der Waals surface area contributed by atoms with E-state index in [1.807, 2.05) is 0 Å².